The van der Waals surface area contributed by atoms with Gasteiger partial charge in [0.05, 0.1) is 29.7 Å². The van der Waals surface area contributed by atoms with Crippen LogP contribution in [-0.4, -0.2) is 23.8 Å². The predicted molar refractivity (Wildman–Crippen MR) is 105 cm³/mol. The summed E-state index contributed by atoms with van der Waals surface area (Å²) in [6, 6.07) is 9.61. The average Bonchev–Trinajstić information content (AvgIpc) is 2.61. The topological polar surface area (TPSA) is 58.6 Å². The van der Waals surface area contributed by atoms with Crippen molar-refractivity contribution < 1.29 is 18.7 Å². The maximum atomic E-state index is 13.7. The predicted octanol–water partition coefficient (Wildman–Crippen LogP) is 4.50. The van der Waals surface area contributed by atoms with Crippen LogP contribution >= 0.6 is 15.9 Å². The third-order valence-corrected chi connectivity index (χ3v) is 4.92. The van der Waals surface area contributed by atoms with Gasteiger partial charge in [0, 0.05) is 19.2 Å². The molecule has 1 heterocycles. The van der Waals surface area contributed by atoms with Crippen LogP contribution in [0.5, 0.6) is 5.75 Å². The van der Waals surface area contributed by atoms with Gasteiger partial charge in [0.1, 0.15) is 5.82 Å². The fourth-order valence-electron chi connectivity index (χ4n) is 3.15. The Morgan fingerprint density at radius 3 is 2.74 bits per heavy atom. The number of amides is 2. The average molecular weight is 433 g/mol. The van der Waals surface area contributed by atoms with E-state index in [1.807, 2.05) is 30.3 Å². The number of anilines is 1. The summed E-state index contributed by atoms with van der Waals surface area (Å²) >= 11 is 3.22. The number of rotatable bonds is 4. The van der Waals surface area contributed by atoms with E-state index >= 15 is 0 Å². The van der Waals surface area contributed by atoms with Crippen LogP contribution in [0.15, 0.2) is 47.1 Å². The summed E-state index contributed by atoms with van der Waals surface area (Å²) < 4.78 is 19.4. The summed E-state index contributed by atoms with van der Waals surface area (Å²) in [6.45, 7) is 1.45. The molecule has 2 aromatic carbocycles. The number of hydrogen-bond acceptors (Lipinski definition) is 3. The van der Waals surface area contributed by atoms with E-state index in [4.69, 9.17) is 4.74 Å². The van der Waals surface area contributed by atoms with Gasteiger partial charge in [-0.1, -0.05) is 24.3 Å². The number of nitrogens with zero attached hydrogens (tertiary/aromatic N) is 1. The summed E-state index contributed by atoms with van der Waals surface area (Å²) in [5, 5.41) is 2.68. The molecule has 2 amide bonds. The van der Waals surface area contributed by atoms with E-state index in [1.54, 1.807) is 6.20 Å². The lowest BCUT2D eigenvalue weighted by Crippen LogP contribution is -2.33. The Kier molecular flexibility index (Phi) is 5.60. The van der Waals surface area contributed by atoms with Gasteiger partial charge in [0.15, 0.2) is 5.75 Å². The molecule has 0 saturated carbocycles. The van der Waals surface area contributed by atoms with E-state index < -0.39 is 11.9 Å². The molecule has 0 aliphatic carbocycles. The van der Waals surface area contributed by atoms with Crippen LogP contribution in [0.2, 0.25) is 0 Å². The van der Waals surface area contributed by atoms with Crippen LogP contribution in [0.25, 0.3) is 6.08 Å². The first-order valence-corrected chi connectivity index (χ1v) is 9.09. The highest BCUT2D eigenvalue weighted by molar-refractivity contribution is 9.10. The quantitative estimate of drug-likeness (QED) is 0.773. The first kappa shape index (κ1) is 19.1. The van der Waals surface area contributed by atoms with Crippen LogP contribution in [0.3, 0.4) is 0 Å². The molecule has 0 bridgehead atoms. The number of carbonyl (C=O) groups is 2. The monoisotopic (exact) mass is 432 g/mol. The molecule has 0 aromatic heterocycles. The third-order valence-electron chi connectivity index (χ3n) is 4.33. The smallest absolute Gasteiger partial charge is 0.226 e. The number of nitrogens with one attached hydrogen (secondary N) is 1. The van der Waals surface area contributed by atoms with Crippen LogP contribution in [0.4, 0.5) is 10.1 Å². The van der Waals surface area contributed by atoms with E-state index in [0.717, 1.165) is 11.1 Å². The number of ether oxygens (including phenoxy) is 1. The van der Waals surface area contributed by atoms with Crippen molar-refractivity contribution in [1.82, 2.24) is 4.90 Å². The fourth-order valence-corrected chi connectivity index (χ4v) is 3.74. The minimum absolute atomic E-state index is 0.0260. The van der Waals surface area contributed by atoms with Crippen molar-refractivity contribution >= 4 is 39.5 Å². The maximum Gasteiger partial charge on any atom is 0.226 e. The SMILES string of the molecule is COc1c(Br)cc(F)cc1NC(=O)CC1c2ccccc2C=CN1C(C)=O. The molecule has 0 fully saturated rings. The molecule has 1 aliphatic rings. The first-order valence-electron chi connectivity index (χ1n) is 8.29. The van der Waals surface area contributed by atoms with Gasteiger partial charge >= 0.3 is 0 Å². The lowest BCUT2D eigenvalue weighted by Gasteiger charge is -2.32. The van der Waals surface area contributed by atoms with Gasteiger partial charge in [-0.05, 0) is 39.2 Å². The number of benzene rings is 2. The molecule has 7 heteroatoms. The highest BCUT2D eigenvalue weighted by atomic mass is 79.9. The Morgan fingerprint density at radius 2 is 2.04 bits per heavy atom. The zero-order valence-corrected chi connectivity index (χ0v) is 16.4. The van der Waals surface area contributed by atoms with Crippen molar-refractivity contribution in [2.45, 2.75) is 19.4 Å². The lowest BCUT2D eigenvalue weighted by atomic mass is 9.93. The number of hydrogen-bond donors (Lipinski definition) is 1. The first-order chi connectivity index (χ1) is 12.9. The van der Waals surface area contributed by atoms with E-state index in [-0.39, 0.29) is 23.9 Å². The molecule has 0 saturated heterocycles. The molecule has 27 heavy (non-hydrogen) atoms. The summed E-state index contributed by atoms with van der Waals surface area (Å²) in [5.41, 5.74) is 2.07. The molecular formula is C20H18BrFN2O3. The van der Waals surface area contributed by atoms with E-state index in [9.17, 15) is 14.0 Å². The number of fused-ring (bicyclic) bond motifs is 1. The van der Waals surface area contributed by atoms with Gasteiger partial charge in [-0.25, -0.2) is 4.39 Å². The molecule has 3 rings (SSSR count). The van der Waals surface area contributed by atoms with Crippen molar-refractivity contribution in [1.29, 1.82) is 0 Å². The van der Waals surface area contributed by atoms with Gasteiger partial charge < -0.3 is 15.0 Å². The Morgan fingerprint density at radius 1 is 1.30 bits per heavy atom. The normalized spacial score (nSPS) is 15.3. The lowest BCUT2D eigenvalue weighted by molar-refractivity contribution is -0.129. The van der Waals surface area contributed by atoms with Gasteiger partial charge in [0.2, 0.25) is 11.8 Å². The fraction of sp³-hybridized carbons (Fsp3) is 0.200. The van der Waals surface area contributed by atoms with E-state index in [0.29, 0.717) is 10.2 Å². The Bertz CT molecular complexity index is 929. The second kappa shape index (κ2) is 7.92. The van der Waals surface area contributed by atoms with Gasteiger partial charge in [-0.2, -0.15) is 0 Å². The molecule has 1 atom stereocenters. The Hall–Kier alpha value is -2.67. The Balaban J connectivity index is 1.86. The van der Waals surface area contributed by atoms with Crippen molar-refractivity contribution in [3.63, 3.8) is 0 Å². The van der Waals surface area contributed by atoms with E-state index in [1.165, 1.54) is 31.1 Å². The Labute approximate surface area is 164 Å². The second-order valence-corrected chi connectivity index (χ2v) is 6.96. The largest absolute Gasteiger partial charge is 0.493 e. The van der Waals surface area contributed by atoms with E-state index in [2.05, 4.69) is 21.2 Å². The summed E-state index contributed by atoms with van der Waals surface area (Å²) in [5.74, 6) is -0.691. The van der Waals surface area contributed by atoms with Gasteiger partial charge in [-0.3, -0.25) is 9.59 Å². The number of methoxy groups -OCH3 is 1. The second-order valence-electron chi connectivity index (χ2n) is 6.11. The molecular weight excluding hydrogens is 415 g/mol. The molecule has 140 valence electrons. The molecule has 0 radical (unpaired) electrons. The van der Waals surface area contributed by atoms with Gasteiger partial charge in [-0.15, -0.1) is 0 Å². The zero-order valence-electron chi connectivity index (χ0n) is 14.8. The minimum atomic E-state index is -0.505. The van der Waals surface area contributed by atoms with Crippen LogP contribution < -0.4 is 10.1 Å². The van der Waals surface area contributed by atoms with Crippen LogP contribution in [0.1, 0.15) is 30.5 Å². The van der Waals surface area contributed by atoms with Crippen LogP contribution in [0, 0.1) is 5.82 Å². The molecule has 0 spiro atoms. The summed E-state index contributed by atoms with van der Waals surface area (Å²) in [4.78, 5) is 26.2. The van der Waals surface area contributed by atoms with Crippen molar-refractivity contribution in [3.8, 4) is 5.75 Å². The van der Waals surface area contributed by atoms with Crippen molar-refractivity contribution in [2.24, 2.45) is 0 Å². The molecule has 1 unspecified atom stereocenters. The standard InChI is InChI=1S/C20H18BrFN2O3/c1-12(25)24-8-7-13-5-3-4-6-15(13)18(24)11-19(26)23-17-10-14(22)9-16(21)20(17)27-2/h3-10,18H,11H2,1-2H3,(H,23,26). The molecule has 1 aliphatic heterocycles. The minimum Gasteiger partial charge on any atom is -0.493 e. The van der Waals surface area contributed by atoms with Crippen molar-refractivity contribution in [2.75, 3.05) is 12.4 Å². The van der Waals surface area contributed by atoms with Crippen LogP contribution in [-0.2, 0) is 9.59 Å². The number of carbonyl (C=O) groups excluding carboxylic acids is 2. The van der Waals surface area contributed by atoms with Gasteiger partial charge in [0.25, 0.3) is 0 Å². The molecule has 1 N–H and O–H groups in total. The molecule has 5 nitrogen and oxygen atoms in total. The third kappa shape index (κ3) is 4.03. The molecule has 2 aromatic rings. The van der Waals surface area contributed by atoms with Crippen molar-refractivity contribution in [3.05, 3.63) is 64.0 Å². The number of halogens is 2. The summed E-state index contributed by atoms with van der Waals surface area (Å²) in [7, 11) is 1.44. The zero-order chi connectivity index (χ0) is 19.6. The maximum absolute atomic E-state index is 13.7. The highest BCUT2D eigenvalue weighted by Gasteiger charge is 2.28. The highest BCUT2D eigenvalue weighted by Crippen LogP contribution is 2.36. The summed E-state index contributed by atoms with van der Waals surface area (Å²) in [6.07, 6.45) is 3.55.